The molecule has 0 unspecified atom stereocenters. The van der Waals surface area contributed by atoms with Gasteiger partial charge in [-0.05, 0) is 36.1 Å². The number of allylic oxidation sites excluding steroid dienone is 5. The highest BCUT2D eigenvalue weighted by atomic mass is 16.5. The Labute approximate surface area is 203 Å². The highest BCUT2D eigenvalue weighted by molar-refractivity contribution is 6.45. The van der Waals surface area contributed by atoms with Gasteiger partial charge in [-0.2, -0.15) is 0 Å². The molecule has 0 saturated carbocycles. The maximum Gasteiger partial charge on any atom is 0.341 e. The number of hydrogen-bond acceptors (Lipinski definition) is 5. The first-order chi connectivity index (χ1) is 16.8. The smallest absolute Gasteiger partial charge is 0.341 e. The summed E-state index contributed by atoms with van der Waals surface area (Å²) < 4.78 is 7.27. The van der Waals surface area contributed by atoms with Crippen molar-refractivity contribution >= 4 is 34.1 Å². The third-order valence-corrected chi connectivity index (χ3v) is 5.51. The number of fused-ring (bicyclic) bond motifs is 1. The van der Waals surface area contributed by atoms with Gasteiger partial charge in [0.05, 0.1) is 16.5 Å². The Morgan fingerprint density at radius 3 is 2.49 bits per heavy atom. The third kappa shape index (κ3) is 5.22. The monoisotopic (exact) mass is 473 g/mol. The Kier molecular flexibility index (Phi) is 7.99. The van der Waals surface area contributed by atoms with Gasteiger partial charge in [-0.25, -0.2) is 9.78 Å². The Bertz CT molecular complexity index is 1350. The van der Waals surface area contributed by atoms with Crippen LogP contribution < -0.4 is 10.5 Å². The summed E-state index contributed by atoms with van der Waals surface area (Å²) in [7, 11) is 0. The summed E-state index contributed by atoms with van der Waals surface area (Å²) in [4.78, 5) is 40.1. The molecule has 1 amide bonds. The van der Waals surface area contributed by atoms with Gasteiger partial charge in [0.2, 0.25) is 5.88 Å². The Morgan fingerprint density at radius 2 is 1.91 bits per heavy atom. The lowest BCUT2D eigenvalue weighted by atomic mass is 9.99. The molecule has 1 aromatic carbocycles. The number of ether oxygens (including phenoxy) is 1. The number of hydrogen-bond donors (Lipinski definition) is 2. The number of rotatable bonds is 11. The normalized spacial score (nSPS) is 11.9. The molecule has 8 heteroatoms. The van der Waals surface area contributed by atoms with Crippen LogP contribution in [0.3, 0.4) is 0 Å². The van der Waals surface area contributed by atoms with E-state index in [9.17, 15) is 14.4 Å². The number of nitrogens with two attached hydrogens (primary N) is 1. The predicted octanol–water partition coefficient (Wildman–Crippen LogP) is 3.95. The van der Waals surface area contributed by atoms with E-state index in [4.69, 9.17) is 15.6 Å². The van der Waals surface area contributed by atoms with E-state index in [-0.39, 0.29) is 16.8 Å². The highest BCUT2D eigenvalue weighted by Gasteiger charge is 2.28. The van der Waals surface area contributed by atoms with E-state index < -0.39 is 24.3 Å². The van der Waals surface area contributed by atoms with Crippen LogP contribution in [-0.4, -0.2) is 38.9 Å². The molecule has 0 atom stereocenters. The molecule has 2 aromatic heterocycles. The van der Waals surface area contributed by atoms with Crippen molar-refractivity contribution in [3.63, 3.8) is 0 Å². The van der Waals surface area contributed by atoms with Gasteiger partial charge in [0.1, 0.15) is 0 Å². The van der Waals surface area contributed by atoms with E-state index in [0.717, 1.165) is 16.7 Å². The number of aromatic nitrogens is 2. The molecule has 0 radical (unpaired) electrons. The number of amides is 1. The molecule has 0 fully saturated rings. The maximum absolute atomic E-state index is 12.9. The van der Waals surface area contributed by atoms with E-state index in [1.807, 2.05) is 60.9 Å². The second kappa shape index (κ2) is 11.1. The zero-order chi connectivity index (χ0) is 25.5. The molecule has 0 aliphatic rings. The SMILES string of the molecule is C=C/C(Cn1c(CC)c(C(=O)C(N)=O)c2c(OCC(=O)O)nccc21)=C(\C=C/C)c1ccccc1. The summed E-state index contributed by atoms with van der Waals surface area (Å²) in [5.74, 6) is -3.26. The van der Waals surface area contributed by atoms with E-state index in [1.54, 1.807) is 12.1 Å². The number of primary amides is 1. The second-order valence-electron chi connectivity index (χ2n) is 7.66. The van der Waals surface area contributed by atoms with E-state index in [2.05, 4.69) is 11.6 Å². The summed E-state index contributed by atoms with van der Waals surface area (Å²) in [5, 5.41) is 9.32. The van der Waals surface area contributed by atoms with Crippen LogP contribution in [-0.2, 0) is 22.6 Å². The van der Waals surface area contributed by atoms with Crippen LogP contribution in [0.25, 0.3) is 16.5 Å². The number of nitrogens with zero attached hydrogens (tertiary/aromatic N) is 2. The number of benzene rings is 1. The maximum atomic E-state index is 12.9. The van der Waals surface area contributed by atoms with E-state index >= 15 is 0 Å². The van der Waals surface area contributed by atoms with Crippen molar-refractivity contribution in [2.75, 3.05) is 6.61 Å². The van der Waals surface area contributed by atoms with Crippen molar-refractivity contribution in [1.82, 2.24) is 9.55 Å². The Hall–Kier alpha value is -4.46. The highest BCUT2D eigenvalue weighted by Crippen LogP contribution is 2.35. The van der Waals surface area contributed by atoms with Gasteiger partial charge in [-0.1, -0.05) is 62.1 Å². The summed E-state index contributed by atoms with van der Waals surface area (Å²) >= 11 is 0. The van der Waals surface area contributed by atoms with Crippen molar-refractivity contribution < 1.29 is 24.2 Å². The van der Waals surface area contributed by atoms with Crippen LogP contribution >= 0.6 is 0 Å². The quantitative estimate of drug-likeness (QED) is 0.247. The Morgan fingerprint density at radius 1 is 1.20 bits per heavy atom. The van der Waals surface area contributed by atoms with Gasteiger partial charge in [-0.3, -0.25) is 9.59 Å². The molecule has 180 valence electrons. The van der Waals surface area contributed by atoms with E-state index in [0.29, 0.717) is 24.2 Å². The number of carboxylic acid groups (broad SMARTS) is 1. The molecule has 0 saturated heterocycles. The first kappa shape index (κ1) is 25.2. The second-order valence-corrected chi connectivity index (χ2v) is 7.66. The first-order valence-corrected chi connectivity index (χ1v) is 11.1. The lowest BCUT2D eigenvalue weighted by Crippen LogP contribution is -2.24. The topological polar surface area (TPSA) is 125 Å². The largest absolute Gasteiger partial charge is 0.479 e. The first-order valence-electron chi connectivity index (χ1n) is 11.1. The minimum atomic E-state index is -1.20. The zero-order valence-corrected chi connectivity index (χ0v) is 19.7. The lowest BCUT2D eigenvalue weighted by molar-refractivity contribution is -0.139. The molecule has 3 N–H and O–H groups in total. The number of ketones is 1. The van der Waals surface area contributed by atoms with Crippen molar-refractivity contribution in [3.05, 3.63) is 89.8 Å². The minimum Gasteiger partial charge on any atom is -0.479 e. The predicted molar refractivity (Wildman–Crippen MR) is 134 cm³/mol. The zero-order valence-electron chi connectivity index (χ0n) is 19.7. The van der Waals surface area contributed by atoms with Gasteiger partial charge < -0.3 is 20.1 Å². The molecular formula is C27H27N3O5. The molecule has 0 aliphatic heterocycles. The third-order valence-electron chi connectivity index (χ3n) is 5.51. The fourth-order valence-electron chi connectivity index (χ4n) is 4.08. The molecule has 8 nitrogen and oxygen atoms in total. The minimum absolute atomic E-state index is 0.0520. The fraction of sp³-hybridized carbons (Fsp3) is 0.185. The van der Waals surface area contributed by atoms with Crippen molar-refractivity contribution in [1.29, 1.82) is 0 Å². The van der Waals surface area contributed by atoms with Gasteiger partial charge in [0.25, 0.3) is 11.7 Å². The Balaban J connectivity index is 2.33. The van der Waals surface area contributed by atoms with Crippen LogP contribution in [0.1, 0.15) is 35.5 Å². The number of carboxylic acids is 1. The number of carbonyl (C=O) groups is 3. The summed E-state index contributed by atoms with van der Waals surface area (Å²) in [5.41, 5.74) is 9.38. The van der Waals surface area contributed by atoms with Gasteiger partial charge in [0, 0.05) is 18.4 Å². The molecule has 0 bridgehead atoms. The molecule has 3 rings (SSSR count). The summed E-state index contributed by atoms with van der Waals surface area (Å²) in [6, 6.07) is 11.5. The van der Waals surface area contributed by atoms with Crippen LogP contribution in [0.5, 0.6) is 5.88 Å². The molecule has 2 heterocycles. The van der Waals surface area contributed by atoms with Crippen molar-refractivity contribution in [3.8, 4) is 5.88 Å². The molecule has 3 aromatic rings. The van der Waals surface area contributed by atoms with Crippen LogP contribution in [0, 0.1) is 0 Å². The number of aliphatic carboxylic acids is 1. The number of carbonyl (C=O) groups excluding carboxylic acids is 2. The summed E-state index contributed by atoms with van der Waals surface area (Å²) in [6.07, 6.45) is 7.55. The van der Waals surface area contributed by atoms with Gasteiger partial charge in [-0.15, -0.1) is 0 Å². The van der Waals surface area contributed by atoms with Crippen molar-refractivity contribution in [2.45, 2.75) is 26.8 Å². The van der Waals surface area contributed by atoms with E-state index in [1.165, 1.54) is 6.20 Å². The summed E-state index contributed by atoms with van der Waals surface area (Å²) in [6.45, 7) is 7.46. The van der Waals surface area contributed by atoms with Crippen LogP contribution in [0.15, 0.2) is 73.0 Å². The molecule has 0 aliphatic carbocycles. The fourth-order valence-corrected chi connectivity index (χ4v) is 4.08. The lowest BCUT2D eigenvalue weighted by Gasteiger charge is -2.15. The van der Waals surface area contributed by atoms with Gasteiger partial charge in [0.15, 0.2) is 6.61 Å². The van der Waals surface area contributed by atoms with Crippen LogP contribution in [0.2, 0.25) is 0 Å². The number of Topliss-reactive ketones (excluding diaryl/α,β-unsaturated/α-hetero) is 1. The molecule has 35 heavy (non-hydrogen) atoms. The average Bonchev–Trinajstić information content (AvgIpc) is 3.18. The molecule has 0 spiro atoms. The average molecular weight is 474 g/mol. The number of pyridine rings is 1. The van der Waals surface area contributed by atoms with Crippen molar-refractivity contribution in [2.24, 2.45) is 5.73 Å². The van der Waals surface area contributed by atoms with Gasteiger partial charge >= 0.3 is 5.97 Å². The molecular weight excluding hydrogens is 446 g/mol. The standard InChI is InChI=1S/C27H27N3O5/c1-4-10-19(18-11-8-7-9-12-18)17(5-2)15-30-20(6-3)23(25(33)26(28)34)24-21(30)13-14-29-27(24)35-16-22(31)32/h4-5,7-14H,2,6,15-16H2,1,3H3,(H2,28,34)(H,31,32)/b10-4-,19-17-. The van der Waals surface area contributed by atoms with Crippen LogP contribution in [0.4, 0.5) is 0 Å².